The first-order valence-electron chi connectivity index (χ1n) is 40.1. The molecule has 0 fully saturated rings. The van der Waals surface area contributed by atoms with Crippen molar-refractivity contribution in [2.75, 3.05) is 26.4 Å². The average Bonchev–Trinajstić information content (AvgIpc) is 3.71. The standard InChI is InChI=1S/C81H154NO8P/c1-3-5-7-9-11-13-15-17-19-21-23-25-27-29-31-33-35-36-37-38-39-40-41-42-44-46-48-50-52-54-56-58-60-62-64-66-68-70-72-74-81(84)90-79(78-89-91(85,86)88-76-75-82)77-87-80(83)73-71-69-67-65-63-61-59-57-55-53-51-49-47-45-43-34-32-30-28-26-24-22-20-18-16-14-12-10-8-6-4-2/h5,7,11,13,17,19,23,25,79H,3-4,6,8-10,12,14-16,18,20-22,24,26-78,82H2,1-2H3,(H,85,86)/b7-5-,13-11-,19-17-,25-23-. The highest BCUT2D eigenvalue weighted by atomic mass is 31.2. The van der Waals surface area contributed by atoms with Crippen molar-refractivity contribution in [1.82, 2.24) is 0 Å². The Hall–Kier alpha value is -2.03. The van der Waals surface area contributed by atoms with E-state index in [0.29, 0.717) is 6.42 Å². The van der Waals surface area contributed by atoms with Crippen LogP contribution in [0.15, 0.2) is 48.6 Å². The number of unbranched alkanes of at least 4 members (excludes halogenated alkanes) is 56. The molecule has 0 aliphatic rings. The molecule has 0 aromatic heterocycles. The topological polar surface area (TPSA) is 134 Å². The molecule has 0 spiro atoms. The van der Waals surface area contributed by atoms with Crippen LogP contribution in [0.1, 0.15) is 425 Å². The molecular formula is C81H154NO8P. The number of nitrogens with two attached hydrogens (primary N) is 1. The van der Waals surface area contributed by atoms with Gasteiger partial charge in [-0.25, -0.2) is 4.57 Å². The van der Waals surface area contributed by atoms with E-state index in [4.69, 9.17) is 24.3 Å². The zero-order valence-corrected chi connectivity index (χ0v) is 61.5. The maximum absolute atomic E-state index is 12.8. The Morgan fingerprint density at radius 1 is 0.341 bits per heavy atom. The third kappa shape index (κ3) is 76.9. The molecule has 0 bridgehead atoms. The number of rotatable bonds is 77. The number of hydrogen-bond acceptors (Lipinski definition) is 8. The fourth-order valence-electron chi connectivity index (χ4n) is 12.3. The van der Waals surface area contributed by atoms with E-state index in [2.05, 4.69) is 62.5 Å². The lowest BCUT2D eigenvalue weighted by Gasteiger charge is -2.19. The highest BCUT2D eigenvalue weighted by molar-refractivity contribution is 7.47. The molecule has 10 heteroatoms. The number of allylic oxidation sites excluding steroid dienone is 8. The third-order valence-corrected chi connectivity index (χ3v) is 19.2. The van der Waals surface area contributed by atoms with Gasteiger partial charge in [-0.05, 0) is 51.4 Å². The summed E-state index contributed by atoms with van der Waals surface area (Å²) >= 11 is 0. The van der Waals surface area contributed by atoms with Crippen molar-refractivity contribution in [2.24, 2.45) is 5.73 Å². The van der Waals surface area contributed by atoms with Crippen LogP contribution >= 0.6 is 7.82 Å². The van der Waals surface area contributed by atoms with Crippen LogP contribution in [0.3, 0.4) is 0 Å². The number of esters is 2. The molecule has 0 amide bonds. The van der Waals surface area contributed by atoms with Crippen LogP contribution in [-0.2, 0) is 32.7 Å². The first-order chi connectivity index (χ1) is 44.8. The number of phosphoric acid groups is 1. The van der Waals surface area contributed by atoms with Gasteiger partial charge >= 0.3 is 19.8 Å². The molecule has 0 saturated heterocycles. The number of carbonyl (C=O) groups is 2. The molecule has 3 N–H and O–H groups in total. The molecule has 91 heavy (non-hydrogen) atoms. The Bertz CT molecular complexity index is 1630. The van der Waals surface area contributed by atoms with Gasteiger partial charge in [-0.1, -0.05) is 409 Å². The minimum Gasteiger partial charge on any atom is -0.462 e. The Labute approximate surface area is 566 Å². The second-order valence-corrected chi connectivity index (χ2v) is 28.7. The molecule has 0 aliphatic carbocycles. The highest BCUT2D eigenvalue weighted by Crippen LogP contribution is 2.43. The lowest BCUT2D eigenvalue weighted by atomic mass is 10.0. The zero-order chi connectivity index (χ0) is 65.8. The van der Waals surface area contributed by atoms with E-state index in [-0.39, 0.29) is 38.6 Å². The second-order valence-electron chi connectivity index (χ2n) is 27.3. The van der Waals surface area contributed by atoms with Crippen LogP contribution in [0.25, 0.3) is 0 Å². The minimum atomic E-state index is -4.39. The molecule has 2 unspecified atom stereocenters. The number of hydrogen-bond donors (Lipinski definition) is 2. The van der Waals surface area contributed by atoms with E-state index >= 15 is 0 Å². The maximum Gasteiger partial charge on any atom is 0.472 e. The SMILES string of the molecule is CC/C=C\C/C=C\C/C=C\C/C=C\CCCCCCCCCCCCCCCCCCCCCCCCCCCCC(=O)OC(COC(=O)CCCCCCCCCCCCCCCCCCCCCCCCCCCCCCCCC)COP(=O)(O)OCCN. The summed E-state index contributed by atoms with van der Waals surface area (Å²) in [7, 11) is -4.39. The normalized spacial score (nSPS) is 13.1. The lowest BCUT2D eigenvalue weighted by molar-refractivity contribution is -0.161. The van der Waals surface area contributed by atoms with Crippen LogP contribution < -0.4 is 5.73 Å². The number of carbonyl (C=O) groups excluding carboxylic acids is 2. The predicted molar refractivity (Wildman–Crippen MR) is 395 cm³/mol. The molecule has 0 aromatic carbocycles. The first kappa shape index (κ1) is 89.0. The summed E-state index contributed by atoms with van der Waals surface area (Å²) in [6, 6.07) is 0. The summed E-state index contributed by atoms with van der Waals surface area (Å²) in [5, 5.41) is 0. The monoisotopic (exact) mass is 1300 g/mol. The predicted octanol–water partition coefficient (Wildman–Crippen LogP) is 26.8. The van der Waals surface area contributed by atoms with Gasteiger partial charge in [0.1, 0.15) is 6.61 Å². The van der Waals surface area contributed by atoms with Crippen LogP contribution in [0.2, 0.25) is 0 Å². The largest absolute Gasteiger partial charge is 0.472 e. The Balaban J connectivity index is 3.74. The van der Waals surface area contributed by atoms with Crippen molar-refractivity contribution in [3.8, 4) is 0 Å². The van der Waals surface area contributed by atoms with Crippen molar-refractivity contribution >= 4 is 19.8 Å². The summed E-state index contributed by atoms with van der Waals surface area (Å²) < 4.78 is 33.3. The summed E-state index contributed by atoms with van der Waals surface area (Å²) in [6.45, 7) is 3.72. The summed E-state index contributed by atoms with van der Waals surface area (Å²) in [6.07, 6.45) is 99.8. The second kappa shape index (κ2) is 77.0. The smallest absolute Gasteiger partial charge is 0.462 e. The molecular weight excluding hydrogens is 1150 g/mol. The van der Waals surface area contributed by atoms with Gasteiger partial charge in [-0.3, -0.25) is 18.6 Å². The molecule has 2 atom stereocenters. The van der Waals surface area contributed by atoms with Gasteiger partial charge < -0.3 is 20.1 Å². The van der Waals surface area contributed by atoms with Crippen LogP contribution in [0.4, 0.5) is 0 Å². The van der Waals surface area contributed by atoms with E-state index in [1.165, 1.54) is 334 Å². The van der Waals surface area contributed by atoms with E-state index in [1.807, 2.05) is 0 Å². The Morgan fingerprint density at radius 2 is 0.604 bits per heavy atom. The van der Waals surface area contributed by atoms with Gasteiger partial charge in [-0.15, -0.1) is 0 Å². The van der Waals surface area contributed by atoms with Gasteiger partial charge in [-0.2, -0.15) is 0 Å². The first-order valence-corrected chi connectivity index (χ1v) is 41.6. The van der Waals surface area contributed by atoms with Crippen molar-refractivity contribution in [3.05, 3.63) is 48.6 Å². The molecule has 0 aromatic rings. The molecule has 0 saturated carbocycles. The van der Waals surface area contributed by atoms with E-state index in [0.717, 1.165) is 57.8 Å². The molecule has 0 radical (unpaired) electrons. The van der Waals surface area contributed by atoms with E-state index < -0.39 is 26.5 Å². The fraction of sp³-hybridized carbons (Fsp3) is 0.877. The van der Waals surface area contributed by atoms with Crippen LogP contribution in [0.5, 0.6) is 0 Å². The fourth-order valence-corrected chi connectivity index (χ4v) is 13.1. The number of phosphoric ester groups is 1. The van der Waals surface area contributed by atoms with Crippen molar-refractivity contribution in [3.63, 3.8) is 0 Å². The van der Waals surface area contributed by atoms with Gasteiger partial charge in [0.05, 0.1) is 13.2 Å². The van der Waals surface area contributed by atoms with Gasteiger partial charge in [0.15, 0.2) is 6.10 Å². The quantitative estimate of drug-likeness (QED) is 0.0264. The van der Waals surface area contributed by atoms with Gasteiger partial charge in [0.25, 0.3) is 0 Å². The van der Waals surface area contributed by atoms with E-state index in [9.17, 15) is 19.0 Å². The summed E-state index contributed by atoms with van der Waals surface area (Å²) in [5.41, 5.74) is 5.42. The minimum absolute atomic E-state index is 0.0568. The van der Waals surface area contributed by atoms with Crippen molar-refractivity contribution < 1.29 is 37.6 Å². The van der Waals surface area contributed by atoms with Crippen LogP contribution in [-0.4, -0.2) is 49.3 Å². The van der Waals surface area contributed by atoms with Crippen molar-refractivity contribution in [2.45, 2.75) is 431 Å². The summed E-state index contributed by atoms with van der Waals surface area (Å²) in [5.74, 6) is -0.799. The molecule has 9 nitrogen and oxygen atoms in total. The van der Waals surface area contributed by atoms with Crippen molar-refractivity contribution in [1.29, 1.82) is 0 Å². The van der Waals surface area contributed by atoms with E-state index in [1.54, 1.807) is 0 Å². The lowest BCUT2D eigenvalue weighted by Crippen LogP contribution is -2.29. The van der Waals surface area contributed by atoms with Gasteiger partial charge in [0.2, 0.25) is 0 Å². The molecule has 536 valence electrons. The zero-order valence-electron chi connectivity index (χ0n) is 60.6. The Morgan fingerprint density at radius 3 is 0.901 bits per heavy atom. The molecule has 0 rings (SSSR count). The van der Waals surface area contributed by atoms with Crippen LogP contribution in [0, 0.1) is 0 Å². The molecule has 0 heterocycles. The Kier molecular flexibility index (Phi) is 75.3. The third-order valence-electron chi connectivity index (χ3n) is 18.2. The molecule has 0 aliphatic heterocycles. The number of ether oxygens (including phenoxy) is 2. The summed E-state index contributed by atoms with van der Waals surface area (Å²) in [4.78, 5) is 35.5. The average molecular weight is 1300 g/mol. The van der Waals surface area contributed by atoms with Gasteiger partial charge in [0, 0.05) is 19.4 Å². The maximum atomic E-state index is 12.8. The highest BCUT2D eigenvalue weighted by Gasteiger charge is 2.26.